The molecule has 0 saturated carbocycles. The van der Waals surface area contributed by atoms with Gasteiger partial charge in [0.1, 0.15) is 0 Å². The van der Waals surface area contributed by atoms with Crippen LogP contribution in [0.2, 0.25) is 10.0 Å². The van der Waals surface area contributed by atoms with Crippen molar-refractivity contribution >= 4 is 34.8 Å². The predicted octanol–water partition coefficient (Wildman–Crippen LogP) is 3.73. The van der Waals surface area contributed by atoms with Crippen molar-refractivity contribution in [1.82, 2.24) is 0 Å². The van der Waals surface area contributed by atoms with Crippen molar-refractivity contribution in [3.63, 3.8) is 0 Å². The fourth-order valence-electron chi connectivity index (χ4n) is 2.42. The van der Waals surface area contributed by atoms with Gasteiger partial charge in [-0.15, -0.1) is 0 Å². The van der Waals surface area contributed by atoms with Crippen LogP contribution in [-0.4, -0.2) is 11.6 Å². The zero-order chi connectivity index (χ0) is 12.9. The monoisotopic (exact) mass is 278 g/mol. The van der Waals surface area contributed by atoms with E-state index < -0.39 is 11.8 Å². The number of Topliss-reactive ketones (excluding diaryl/α,β-unsaturated/α-hetero) is 2. The van der Waals surface area contributed by atoms with E-state index in [1.54, 1.807) is 24.3 Å². The van der Waals surface area contributed by atoms with Crippen molar-refractivity contribution in [2.45, 2.75) is 0 Å². The quantitative estimate of drug-likeness (QED) is 0.725. The number of rotatable bonds is 0. The van der Waals surface area contributed by atoms with Gasteiger partial charge in [-0.05, 0) is 12.1 Å². The van der Waals surface area contributed by atoms with Crippen molar-refractivity contribution in [2.24, 2.45) is 11.8 Å². The minimum Gasteiger partial charge on any atom is -0.293 e. The van der Waals surface area contributed by atoms with E-state index >= 15 is 0 Å². The van der Waals surface area contributed by atoms with Crippen LogP contribution in [-0.2, 0) is 0 Å². The molecule has 0 aromatic heterocycles. The molecule has 1 aromatic carbocycles. The van der Waals surface area contributed by atoms with E-state index in [0.29, 0.717) is 21.2 Å². The van der Waals surface area contributed by atoms with Crippen LogP contribution in [0.3, 0.4) is 0 Å². The van der Waals surface area contributed by atoms with Gasteiger partial charge < -0.3 is 0 Å². The lowest BCUT2D eigenvalue weighted by molar-refractivity contribution is 0.0801. The number of fused-ring (bicyclic) bond motifs is 2. The molecule has 0 N–H and O–H groups in total. The highest BCUT2D eigenvalue weighted by Gasteiger charge is 2.39. The SMILES string of the molecule is O=C1c2cc(Cl)c(Cl)cc2C(=O)C2C=CC=CC12. The number of hydrogen-bond donors (Lipinski definition) is 0. The minimum atomic E-state index is -0.410. The average Bonchev–Trinajstić information content (AvgIpc) is 2.38. The van der Waals surface area contributed by atoms with E-state index in [2.05, 4.69) is 0 Å². The first kappa shape index (κ1) is 11.7. The second-order valence-electron chi connectivity index (χ2n) is 4.36. The number of hydrogen-bond acceptors (Lipinski definition) is 2. The molecule has 0 bridgehead atoms. The van der Waals surface area contributed by atoms with Crippen LogP contribution in [0.1, 0.15) is 20.7 Å². The topological polar surface area (TPSA) is 34.1 Å². The summed E-state index contributed by atoms with van der Waals surface area (Å²) in [6.07, 6.45) is 7.09. The number of carbonyl (C=O) groups is 2. The van der Waals surface area contributed by atoms with Crippen molar-refractivity contribution < 1.29 is 9.59 Å². The molecule has 2 unspecified atom stereocenters. The zero-order valence-corrected chi connectivity index (χ0v) is 10.7. The molecule has 0 spiro atoms. The van der Waals surface area contributed by atoms with Crippen LogP contribution in [0.15, 0.2) is 36.4 Å². The number of ketones is 2. The van der Waals surface area contributed by atoms with Crippen molar-refractivity contribution in [3.8, 4) is 0 Å². The highest BCUT2D eigenvalue weighted by atomic mass is 35.5. The Bertz CT molecular complexity index is 574. The Morgan fingerprint density at radius 1 is 0.778 bits per heavy atom. The Labute approximate surface area is 114 Å². The second-order valence-corrected chi connectivity index (χ2v) is 5.18. The molecular weight excluding hydrogens is 271 g/mol. The normalized spacial score (nSPS) is 25.0. The van der Waals surface area contributed by atoms with E-state index in [9.17, 15) is 9.59 Å². The first-order valence-corrected chi connectivity index (χ1v) is 6.27. The zero-order valence-electron chi connectivity index (χ0n) is 9.19. The summed E-state index contributed by atoms with van der Waals surface area (Å²) in [7, 11) is 0. The molecule has 18 heavy (non-hydrogen) atoms. The molecule has 2 aliphatic carbocycles. The molecular formula is C14H8Cl2O2. The molecule has 90 valence electrons. The summed E-state index contributed by atoms with van der Waals surface area (Å²) in [6, 6.07) is 2.98. The van der Waals surface area contributed by atoms with Gasteiger partial charge in [0.2, 0.25) is 0 Å². The van der Waals surface area contributed by atoms with Gasteiger partial charge in [0.05, 0.1) is 21.9 Å². The first-order chi connectivity index (χ1) is 8.59. The largest absolute Gasteiger partial charge is 0.293 e. The van der Waals surface area contributed by atoms with E-state index in [1.165, 1.54) is 12.1 Å². The Morgan fingerprint density at radius 2 is 1.17 bits per heavy atom. The van der Waals surface area contributed by atoms with Crippen LogP contribution < -0.4 is 0 Å². The third kappa shape index (κ3) is 1.57. The minimum absolute atomic E-state index is 0.0752. The lowest BCUT2D eigenvalue weighted by Gasteiger charge is -2.28. The summed E-state index contributed by atoms with van der Waals surface area (Å²) in [5.41, 5.74) is 0.742. The molecule has 2 atom stereocenters. The lowest BCUT2D eigenvalue weighted by Crippen LogP contribution is -2.35. The number of halogens is 2. The molecule has 1 aromatic rings. The van der Waals surface area contributed by atoms with Gasteiger partial charge in [-0.1, -0.05) is 47.5 Å². The van der Waals surface area contributed by atoms with E-state index in [-0.39, 0.29) is 11.6 Å². The van der Waals surface area contributed by atoms with Gasteiger partial charge in [0.15, 0.2) is 11.6 Å². The van der Waals surface area contributed by atoms with Gasteiger partial charge in [-0.2, -0.15) is 0 Å². The van der Waals surface area contributed by atoms with Crippen LogP contribution >= 0.6 is 23.2 Å². The van der Waals surface area contributed by atoms with E-state index in [4.69, 9.17) is 23.2 Å². The Hall–Kier alpha value is -1.38. The Kier molecular flexibility index (Phi) is 2.65. The molecule has 2 nitrogen and oxygen atoms in total. The molecule has 0 radical (unpaired) electrons. The lowest BCUT2D eigenvalue weighted by atomic mass is 9.72. The van der Waals surface area contributed by atoms with Crippen LogP contribution in [0.25, 0.3) is 0 Å². The summed E-state index contributed by atoms with van der Waals surface area (Å²) < 4.78 is 0. The number of carbonyl (C=O) groups excluding carboxylic acids is 2. The van der Waals surface area contributed by atoms with Crippen molar-refractivity contribution in [2.75, 3.05) is 0 Å². The van der Waals surface area contributed by atoms with Gasteiger partial charge in [0.25, 0.3) is 0 Å². The maximum atomic E-state index is 12.3. The smallest absolute Gasteiger partial charge is 0.171 e. The first-order valence-electron chi connectivity index (χ1n) is 5.52. The molecule has 4 heteroatoms. The summed E-state index contributed by atoms with van der Waals surface area (Å²) in [5, 5.41) is 0.593. The van der Waals surface area contributed by atoms with Crippen molar-refractivity contribution in [1.29, 1.82) is 0 Å². The molecule has 0 saturated heterocycles. The molecule has 3 rings (SSSR count). The molecule has 0 amide bonds. The summed E-state index contributed by atoms with van der Waals surface area (Å²) in [6.45, 7) is 0. The highest BCUT2D eigenvalue weighted by molar-refractivity contribution is 6.42. The molecule has 2 aliphatic rings. The standard InChI is InChI=1S/C14H8Cl2O2/c15-11-5-9-10(6-12(11)16)14(18)8-4-2-1-3-7(8)13(9)17/h1-8H. The summed E-state index contributed by atoms with van der Waals surface area (Å²) in [4.78, 5) is 24.6. The third-order valence-corrected chi connectivity index (χ3v) is 4.05. The average molecular weight is 279 g/mol. The molecule has 0 heterocycles. The summed E-state index contributed by atoms with van der Waals surface area (Å²) >= 11 is 11.8. The number of benzene rings is 1. The van der Waals surface area contributed by atoms with E-state index in [0.717, 1.165) is 0 Å². The second kappa shape index (κ2) is 4.08. The maximum Gasteiger partial charge on any atom is 0.171 e. The Morgan fingerprint density at radius 3 is 1.56 bits per heavy atom. The van der Waals surface area contributed by atoms with Gasteiger partial charge in [0, 0.05) is 11.1 Å². The van der Waals surface area contributed by atoms with Gasteiger partial charge >= 0.3 is 0 Å². The van der Waals surface area contributed by atoms with Crippen molar-refractivity contribution in [3.05, 3.63) is 57.6 Å². The predicted molar refractivity (Wildman–Crippen MR) is 70.4 cm³/mol. The molecule has 0 fully saturated rings. The fraction of sp³-hybridized carbons (Fsp3) is 0.143. The van der Waals surface area contributed by atoms with E-state index in [1.807, 2.05) is 0 Å². The fourth-order valence-corrected chi connectivity index (χ4v) is 2.75. The van der Waals surface area contributed by atoms with Crippen LogP contribution in [0, 0.1) is 11.8 Å². The molecule has 0 aliphatic heterocycles. The summed E-state index contributed by atoms with van der Waals surface area (Å²) in [5.74, 6) is -0.970. The Balaban J connectivity index is 2.23. The van der Waals surface area contributed by atoms with Gasteiger partial charge in [-0.3, -0.25) is 9.59 Å². The maximum absolute atomic E-state index is 12.3. The number of allylic oxidation sites excluding steroid dienone is 4. The van der Waals surface area contributed by atoms with Crippen LogP contribution in [0.4, 0.5) is 0 Å². The van der Waals surface area contributed by atoms with Gasteiger partial charge in [-0.25, -0.2) is 0 Å². The third-order valence-electron chi connectivity index (χ3n) is 3.33. The van der Waals surface area contributed by atoms with Crippen LogP contribution in [0.5, 0.6) is 0 Å². The highest BCUT2D eigenvalue weighted by Crippen LogP contribution is 2.37.